The van der Waals surface area contributed by atoms with Gasteiger partial charge in [-0.15, -0.1) is 0 Å². The summed E-state index contributed by atoms with van der Waals surface area (Å²) in [7, 11) is 0. The fourth-order valence-corrected chi connectivity index (χ4v) is 2.28. The van der Waals surface area contributed by atoms with Crippen LogP contribution in [0.4, 0.5) is 13.2 Å². The highest BCUT2D eigenvalue weighted by atomic mass is 19.4. The summed E-state index contributed by atoms with van der Waals surface area (Å²) < 4.78 is 43.8. The third kappa shape index (κ3) is 3.09. The molecule has 0 amide bonds. The van der Waals surface area contributed by atoms with E-state index in [4.69, 9.17) is 4.42 Å². The second kappa shape index (κ2) is 4.52. The molecule has 0 fully saturated rings. The molecule has 0 radical (unpaired) electrons. The molecule has 0 bridgehead atoms. The molecule has 0 aliphatic heterocycles. The molecule has 0 N–H and O–H groups in total. The summed E-state index contributed by atoms with van der Waals surface area (Å²) in [5.74, 6) is -0.936. The first-order valence-electron chi connectivity index (χ1n) is 6.96. The lowest BCUT2D eigenvalue weighted by atomic mass is 9.80. The highest BCUT2D eigenvalue weighted by Gasteiger charge is 2.36. The first kappa shape index (κ1) is 15.9. The summed E-state index contributed by atoms with van der Waals surface area (Å²) in [4.78, 5) is 0. The molecule has 1 aromatic carbocycles. The molecular formula is C17H21F3O. The second-order valence-electron chi connectivity index (χ2n) is 7.55. The zero-order valence-corrected chi connectivity index (χ0v) is 13.3. The maximum atomic E-state index is 12.9. The van der Waals surface area contributed by atoms with Crippen LogP contribution in [0.1, 0.15) is 58.4 Å². The minimum Gasteiger partial charge on any atom is -0.451 e. The van der Waals surface area contributed by atoms with Gasteiger partial charge >= 0.3 is 6.18 Å². The van der Waals surface area contributed by atoms with Crippen molar-refractivity contribution in [1.29, 1.82) is 0 Å². The van der Waals surface area contributed by atoms with Crippen molar-refractivity contribution in [2.45, 2.75) is 58.5 Å². The fourth-order valence-electron chi connectivity index (χ4n) is 2.28. The van der Waals surface area contributed by atoms with Crippen LogP contribution in [0.2, 0.25) is 0 Å². The van der Waals surface area contributed by atoms with Crippen LogP contribution in [0.25, 0.3) is 11.0 Å². The van der Waals surface area contributed by atoms with E-state index in [1.54, 1.807) is 6.07 Å². The van der Waals surface area contributed by atoms with Crippen LogP contribution in [0.15, 0.2) is 22.6 Å². The minimum absolute atomic E-state index is 0.135. The molecular weight excluding hydrogens is 277 g/mol. The summed E-state index contributed by atoms with van der Waals surface area (Å²) in [6.45, 7) is 12.1. The third-order valence-corrected chi connectivity index (χ3v) is 3.57. The molecule has 1 nitrogen and oxygen atoms in total. The van der Waals surface area contributed by atoms with Gasteiger partial charge in [0, 0.05) is 10.9 Å². The van der Waals surface area contributed by atoms with E-state index in [-0.39, 0.29) is 10.8 Å². The largest absolute Gasteiger partial charge is 0.451 e. The molecule has 116 valence electrons. The molecule has 0 aliphatic rings. The van der Waals surface area contributed by atoms with Gasteiger partial charge in [0.25, 0.3) is 0 Å². The van der Waals surface area contributed by atoms with E-state index in [0.29, 0.717) is 11.0 Å². The van der Waals surface area contributed by atoms with Gasteiger partial charge in [0.1, 0.15) is 5.58 Å². The molecule has 0 aliphatic carbocycles. The van der Waals surface area contributed by atoms with Crippen LogP contribution in [0, 0.1) is 0 Å². The van der Waals surface area contributed by atoms with Crippen molar-refractivity contribution >= 4 is 11.0 Å². The Morgan fingerprint density at radius 1 is 0.810 bits per heavy atom. The lowest BCUT2D eigenvalue weighted by molar-refractivity contribution is -0.152. The second-order valence-corrected chi connectivity index (χ2v) is 7.55. The fraction of sp³-hybridized carbons (Fsp3) is 0.529. The van der Waals surface area contributed by atoms with Gasteiger partial charge in [-0.2, -0.15) is 13.2 Å². The average Bonchev–Trinajstić information content (AvgIpc) is 2.67. The Hall–Kier alpha value is -1.45. The van der Waals surface area contributed by atoms with Crippen molar-refractivity contribution < 1.29 is 17.6 Å². The first-order valence-corrected chi connectivity index (χ1v) is 6.96. The summed E-state index contributed by atoms with van der Waals surface area (Å²) in [6, 6.07) is 4.86. The molecule has 0 unspecified atom stereocenters. The average molecular weight is 298 g/mol. The Bertz CT molecular complexity index is 664. The van der Waals surface area contributed by atoms with E-state index in [1.165, 1.54) is 0 Å². The molecule has 1 heterocycles. The third-order valence-electron chi connectivity index (χ3n) is 3.57. The summed E-state index contributed by atoms with van der Waals surface area (Å²) in [5, 5.41) is 0.514. The summed E-state index contributed by atoms with van der Waals surface area (Å²) in [5.41, 5.74) is 1.72. The normalized spacial score (nSPS) is 14.0. The molecule has 0 atom stereocenters. The maximum absolute atomic E-state index is 12.9. The van der Waals surface area contributed by atoms with Crippen molar-refractivity contribution in [1.82, 2.24) is 0 Å². The number of fused-ring (bicyclic) bond motifs is 1. The number of halogens is 3. The van der Waals surface area contributed by atoms with Crippen LogP contribution in [-0.2, 0) is 17.0 Å². The zero-order chi connectivity index (χ0) is 16.2. The number of hydrogen-bond donors (Lipinski definition) is 0. The number of benzene rings is 1. The predicted octanol–water partition coefficient (Wildman–Crippen LogP) is 6.05. The van der Waals surface area contributed by atoms with Gasteiger partial charge in [-0.1, -0.05) is 47.6 Å². The van der Waals surface area contributed by atoms with E-state index in [1.807, 2.05) is 47.6 Å². The van der Waals surface area contributed by atoms with Gasteiger partial charge in [-0.3, -0.25) is 0 Å². The number of hydrogen-bond acceptors (Lipinski definition) is 1. The van der Waals surface area contributed by atoms with E-state index >= 15 is 0 Å². The van der Waals surface area contributed by atoms with E-state index in [9.17, 15) is 13.2 Å². The molecule has 2 rings (SSSR count). The van der Waals surface area contributed by atoms with E-state index in [2.05, 4.69) is 0 Å². The van der Waals surface area contributed by atoms with Crippen LogP contribution in [-0.4, -0.2) is 0 Å². The number of rotatable bonds is 0. The van der Waals surface area contributed by atoms with E-state index < -0.39 is 11.9 Å². The van der Waals surface area contributed by atoms with Gasteiger partial charge in [-0.25, -0.2) is 0 Å². The van der Waals surface area contributed by atoms with Crippen molar-refractivity contribution in [3.8, 4) is 0 Å². The molecule has 4 heteroatoms. The lowest BCUT2D eigenvalue weighted by Gasteiger charge is -2.25. The van der Waals surface area contributed by atoms with Crippen LogP contribution < -0.4 is 0 Å². The highest BCUT2D eigenvalue weighted by molar-refractivity contribution is 5.83. The lowest BCUT2D eigenvalue weighted by Crippen LogP contribution is -2.16. The maximum Gasteiger partial charge on any atom is 0.449 e. The smallest absolute Gasteiger partial charge is 0.449 e. The van der Waals surface area contributed by atoms with Crippen molar-refractivity contribution in [3.05, 3.63) is 35.1 Å². The van der Waals surface area contributed by atoms with Gasteiger partial charge in [0.05, 0.1) is 0 Å². The van der Waals surface area contributed by atoms with Gasteiger partial charge in [0.15, 0.2) is 0 Å². The van der Waals surface area contributed by atoms with Crippen LogP contribution in [0.3, 0.4) is 0 Å². The molecule has 0 saturated carbocycles. The van der Waals surface area contributed by atoms with Gasteiger partial charge in [0.2, 0.25) is 5.76 Å². The quantitative estimate of drug-likeness (QED) is 0.577. The Labute approximate surface area is 123 Å². The predicted molar refractivity (Wildman–Crippen MR) is 78.6 cm³/mol. The molecule has 0 spiro atoms. The SMILES string of the molecule is CC(C)(C)c1cc(C(C)(C)C)c2oc(C(F)(F)F)cc2c1. The topological polar surface area (TPSA) is 13.1 Å². The van der Waals surface area contributed by atoms with E-state index in [0.717, 1.165) is 17.2 Å². The molecule has 0 saturated heterocycles. The standard InChI is InChI=1S/C17H21F3O/c1-15(2,3)11-7-10-8-13(17(18,19)20)21-14(10)12(9-11)16(4,5)6/h7-9H,1-6H3. The molecule has 1 aromatic heterocycles. The summed E-state index contributed by atoms with van der Waals surface area (Å²) >= 11 is 0. The molecule has 2 aromatic rings. The highest BCUT2D eigenvalue weighted by Crippen LogP contribution is 2.40. The number of furan rings is 1. The van der Waals surface area contributed by atoms with Crippen LogP contribution >= 0.6 is 0 Å². The Balaban J connectivity index is 2.81. The van der Waals surface area contributed by atoms with Crippen molar-refractivity contribution in [2.24, 2.45) is 0 Å². The van der Waals surface area contributed by atoms with Crippen molar-refractivity contribution in [2.75, 3.05) is 0 Å². The van der Waals surface area contributed by atoms with Crippen molar-refractivity contribution in [3.63, 3.8) is 0 Å². The summed E-state index contributed by atoms with van der Waals surface area (Å²) in [6.07, 6.45) is -4.46. The van der Waals surface area contributed by atoms with Gasteiger partial charge in [-0.05, 0) is 28.5 Å². The number of alkyl halides is 3. The first-order chi connectivity index (χ1) is 9.30. The molecule has 21 heavy (non-hydrogen) atoms. The van der Waals surface area contributed by atoms with Gasteiger partial charge < -0.3 is 4.42 Å². The minimum atomic E-state index is -4.46. The van der Waals surface area contributed by atoms with Crippen LogP contribution in [0.5, 0.6) is 0 Å². The Morgan fingerprint density at radius 2 is 1.38 bits per heavy atom. The zero-order valence-electron chi connectivity index (χ0n) is 13.3. The Kier molecular flexibility index (Phi) is 3.43. The monoisotopic (exact) mass is 298 g/mol. The Morgan fingerprint density at radius 3 is 1.81 bits per heavy atom.